The van der Waals surface area contributed by atoms with Crippen LogP contribution in [0.4, 0.5) is 0 Å². The molecule has 2 fully saturated rings. The number of ether oxygens (including phenoxy) is 3. The predicted molar refractivity (Wildman–Crippen MR) is 172 cm³/mol. The molecule has 2 aliphatic rings. The SMILES string of the molecule is O=C(O)CN1CCN(CC(=O)O)CCN(C(CCC(=O)NCCOCCOCCOCCC(=O)C2CC2)C(=O)O)CCN(CC(=O)O)CC1. The van der Waals surface area contributed by atoms with E-state index in [9.17, 15) is 49.2 Å². The van der Waals surface area contributed by atoms with Crippen molar-refractivity contribution in [3.05, 3.63) is 0 Å². The molecular formula is C31H53N5O13. The molecule has 1 aliphatic carbocycles. The Morgan fingerprint density at radius 1 is 0.592 bits per heavy atom. The van der Waals surface area contributed by atoms with E-state index in [1.165, 1.54) is 0 Å². The van der Waals surface area contributed by atoms with Crippen LogP contribution in [0, 0.1) is 5.92 Å². The fraction of sp³-hybridized carbons (Fsp3) is 0.806. The topological polar surface area (TPSA) is 236 Å². The number of carboxylic acid groups (broad SMARTS) is 4. The summed E-state index contributed by atoms with van der Waals surface area (Å²) in [6, 6.07) is -1.09. The molecule has 1 amide bonds. The number of ketones is 1. The standard InChI is InChI=1S/C31H53N5O13/c37-26(24-1-2-24)5-15-47-17-19-49-20-18-48-16-6-32-27(38)4-3-25(31(45)46)36-13-11-34(22-29(41)42)9-7-33(21-28(39)40)8-10-35(12-14-36)23-30(43)44/h24-25H,1-23H2,(H,32,38)(H,39,40)(H,41,42)(H,43,44)(H,45,46). The van der Waals surface area contributed by atoms with Crippen molar-refractivity contribution in [2.45, 2.75) is 38.1 Å². The molecule has 1 saturated heterocycles. The summed E-state index contributed by atoms with van der Waals surface area (Å²) in [6.07, 6.45) is 2.30. The van der Waals surface area contributed by atoms with Gasteiger partial charge in [-0.25, -0.2) is 0 Å². The zero-order valence-electron chi connectivity index (χ0n) is 28.2. The summed E-state index contributed by atoms with van der Waals surface area (Å²) in [7, 11) is 0. The van der Waals surface area contributed by atoms with Crippen molar-refractivity contribution >= 4 is 35.6 Å². The number of carbonyl (C=O) groups is 6. The van der Waals surface area contributed by atoms with Gasteiger partial charge in [0.1, 0.15) is 11.8 Å². The molecule has 0 aromatic heterocycles. The number of carboxylic acids is 4. The van der Waals surface area contributed by atoms with Crippen LogP contribution in [0.15, 0.2) is 0 Å². The highest BCUT2D eigenvalue weighted by atomic mass is 16.5. The summed E-state index contributed by atoms with van der Waals surface area (Å²) < 4.78 is 16.3. The number of hydrogen-bond acceptors (Lipinski definition) is 13. The van der Waals surface area contributed by atoms with E-state index >= 15 is 0 Å². The molecule has 1 atom stereocenters. The Morgan fingerprint density at radius 3 is 1.45 bits per heavy atom. The third-order valence-electron chi connectivity index (χ3n) is 8.16. The first kappa shape index (κ1) is 41.9. The molecule has 1 aliphatic heterocycles. The molecule has 49 heavy (non-hydrogen) atoms. The lowest BCUT2D eigenvalue weighted by atomic mass is 10.1. The number of aliphatic carboxylic acids is 4. The molecule has 0 aromatic carbocycles. The Balaban J connectivity index is 1.79. The molecule has 0 radical (unpaired) electrons. The largest absolute Gasteiger partial charge is 0.480 e. The molecule has 280 valence electrons. The van der Waals surface area contributed by atoms with Gasteiger partial charge in [0.15, 0.2) is 0 Å². The van der Waals surface area contributed by atoms with Gasteiger partial charge in [0.05, 0.1) is 59.3 Å². The third-order valence-corrected chi connectivity index (χ3v) is 8.16. The average Bonchev–Trinajstić information content (AvgIpc) is 3.87. The van der Waals surface area contributed by atoms with Crippen molar-refractivity contribution in [2.75, 3.05) is 118 Å². The second-order valence-corrected chi connectivity index (χ2v) is 12.1. The number of nitrogens with one attached hydrogen (secondary N) is 1. The zero-order chi connectivity index (χ0) is 36.0. The van der Waals surface area contributed by atoms with E-state index in [1.807, 2.05) is 0 Å². The minimum Gasteiger partial charge on any atom is -0.480 e. The lowest BCUT2D eigenvalue weighted by Crippen LogP contribution is -2.52. The lowest BCUT2D eigenvalue weighted by molar-refractivity contribution is -0.145. The molecule has 1 unspecified atom stereocenters. The van der Waals surface area contributed by atoms with Crippen LogP contribution in [0.5, 0.6) is 0 Å². The number of carbonyl (C=O) groups excluding carboxylic acids is 2. The summed E-state index contributed by atoms with van der Waals surface area (Å²) in [5.74, 6) is -4.26. The molecular weight excluding hydrogens is 650 g/mol. The minimum atomic E-state index is -1.16. The van der Waals surface area contributed by atoms with E-state index in [0.717, 1.165) is 12.8 Å². The summed E-state index contributed by atoms with van der Waals surface area (Å²) in [5.41, 5.74) is 0. The van der Waals surface area contributed by atoms with Crippen molar-refractivity contribution in [1.82, 2.24) is 24.9 Å². The van der Waals surface area contributed by atoms with E-state index in [1.54, 1.807) is 19.6 Å². The monoisotopic (exact) mass is 703 g/mol. The van der Waals surface area contributed by atoms with Crippen molar-refractivity contribution in [2.24, 2.45) is 5.92 Å². The van der Waals surface area contributed by atoms with Gasteiger partial charge in [-0.1, -0.05) is 0 Å². The van der Waals surface area contributed by atoms with Gasteiger partial charge in [0, 0.05) is 77.7 Å². The maximum Gasteiger partial charge on any atom is 0.320 e. The molecule has 0 spiro atoms. The predicted octanol–water partition coefficient (Wildman–Crippen LogP) is -1.77. The van der Waals surface area contributed by atoms with E-state index < -0.39 is 29.9 Å². The maximum atomic E-state index is 12.5. The first-order chi connectivity index (χ1) is 23.4. The third kappa shape index (κ3) is 20.1. The number of nitrogens with zero attached hydrogens (tertiary/aromatic N) is 4. The molecule has 18 nitrogen and oxygen atoms in total. The zero-order valence-corrected chi connectivity index (χ0v) is 28.2. The number of hydrogen-bond donors (Lipinski definition) is 5. The van der Waals surface area contributed by atoms with Crippen LogP contribution in [0.25, 0.3) is 0 Å². The number of amides is 1. The number of rotatable bonds is 24. The molecule has 0 bridgehead atoms. The Hall–Kier alpha value is -3.26. The van der Waals surface area contributed by atoms with Gasteiger partial charge in [-0.2, -0.15) is 0 Å². The Kier molecular flexibility index (Phi) is 20.5. The second-order valence-electron chi connectivity index (χ2n) is 12.1. The molecule has 18 heteroatoms. The van der Waals surface area contributed by atoms with Crippen LogP contribution in [-0.2, 0) is 43.0 Å². The van der Waals surface area contributed by atoms with Crippen LogP contribution in [-0.4, -0.2) is 200 Å². The van der Waals surface area contributed by atoms with Crippen molar-refractivity contribution in [3.8, 4) is 0 Å². The fourth-order valence-corrected chi connectivity index (χ4v) is 5.32. The van der Waals surface area contributed by atoms with Crippen LogP contribution < -0.4 is 5.32 Å². The normalized spacial score (nSPS) is 18.2. The van der Waals surface area contributed by atoms with Gasteiger partial charge >= 0.3 is 23.9 Å². The number of Topliss-reactive ketones (excluding diaryl/α,β-unsaturated/α-hetero) is 1. The van der Waals surface area contributed by atoms with Gasteiger partial charge in [0.2, 0.25) is 5.91 Å². The molecule has 2 rings (SSSR count). The highest BCUT2D eigenvalue weighted by Gasteiger charge is 2.29. The quantitative estimate of drug-likeness (QED) is 0.0700. The minimum absolute atomic E-state index is 0.0308. The van der Waals surface area contributed by atoms with Crippen LogP contribution in [0.3, 0.4) is 0 Å². The highest BCUT2D eigenvalue weighted by Crippen LogP contribution is 2.30. The van der Waals surface area contributed by atoms with Gasteiger partial charge in [-0.15, -0.1) is 0 Å². The van der Waals surface area contributed by atoms with E-state index in [-0.39, 0.29) is 116 Å². The fourth-order valence-electron chi connectivity index (χ4n) is 5.32. The van der Waals surface area contributed by atoms with E-state index in [2.05, 4.69) is 5.32 Å². The molecule has 5 N–H and O–H groups in total. The lowest BCUT2D eigenvalue weighted by Gasteiger charge is -2.35. The average molecular weight is 704 g/mol. The second kappa shape index (κ2) is 24.0. The van der Waals surface area contributed by atoms with E-state index in [0.29, 0.717) is 39.5 Å². The first-order valence-electron chi connectivity index (χ1n) is 16.8. The first-order valence-corrected chi connectivity index (χ1v) is 16.8. The summed E-state index contributed by atoms with van der Waals surface area (Å²) >= 11 is 0. The van der Waals surface area contributed by atoms with Crippen LogP contribution in [0.1, 0.15) is 32.1 Å². The van der Waals surface area contributed by atoms with Gasteiger partial charge in [0.25, 0.3) is 0 Å². The molecule has 1 saturated carbocycles. The van der Waals surface area contributed by atoms with Crippen LogP contribution >= 0.6 is 0 Å². The molecule has 1 heterocycles. The maximum absolute atomic E-state index is 12.5. The van der Waals surface area contributed by atoms with Gasteiger partial charge < -0.3 is 40.0 Å². The summed E-state index contributed by atoms with van der Waals surface area (Å²) in [4.78, 5) is 77.3. The Bertz CT molecular complexity index is 1030. The Morgan fingerprint density at radius 2 is 1.02 bits per heavy atom. The van der Waals surface area contributed by atoms with E-state index in [4.69, 9.17) is 14.2 Å². The molecule has 0 aromatic rings. The summed E-state index contributed by atoms with van der Waals surface area (Å²) in [5, 5.41) is 40.9. The van der Waals surface area contributed by atoms with Crippen molar-refractivity contribution in [1.29, 1.82) is 0 Å². The highest BCUT2D eigenvalue weighted by molar-refractivity contribution is 5.83. The van der Waals surface area contributed by atoms with Crippen molar-refractivity contribution in [3.63, 3.8) is 0 Å². The van der Waals surface area contributed by atoms with Gasteiger partial charge in [-0.3, -0.25) is 48.4 Å². The summed E-state index contributed by atoms with van der Waals surface area (Å²) in [6.45, 7) is 2.75. The Labute approximate surface area is 286 Å². The van der Waals surface area contributed by atoms with Gasteiger partial charge in [-0.05, 0) is 19.3 Å². The smallest absolute Gasteiger partial charge is 0.320 e. The van der Waals surface area contributed by atoms with Crippen LogP contribution in [0.2, 0.25) is 0 Å². The van der Waals surface area contributed by atoms with Crippen molar-refractivity contribution < 1.29 is 63.4 Å².